The lowest BCUT2D eigenvalue weighted by atomic mass is 10.2. The minimum absolute atomic E-state index is 0.743. The Morgan fingerprint density at radius 3 is 2.25 bits per heavy atom. The third kappa shape index (κ3) is 2.57. The summed E-state index contributed by atoms with van der Waals surface area (Å²) in [6, 6.07) is 0. The van der Waals surface area contributed by atoms with Crippen LogP contribution in [0, 0.1) is 5.41 Å². The zero-order chi connectivity index (χ0) is 8.81. The van der Waals surface area contributed by atoms with Crippen LogP contribution in [0.4, 0.5) is 0 Å². The fourth-order valence-corrected chi connectivity index (χ4v) is 1.52. The monoisotopic (exact) mass is 167 g/mol. The number of likely N-dealkylation sites (tertiary alicyclic amines) is 1. The first-order valence-corrected chi connectivity index (χ1v) is 4.56. The van der Waals surface area contributed by atoms with Crippen molar-refractivity contribution in [3.8, 4) is 0 Å². The summed E-state index contributed by atoms with van der Waals surface area (Å²) in [7, 11) is 0. The molecule has 3 N–H and O–H groups in total. The number of nitrogens with one attached hydrogen (secondary N) is 1. The van der Waals surface area contributed by atoms with E-state index < -0.39 is 0 Å². The molecule has 3 heteroatoms. The first-order valence-electron chi connectivity index (χ1n) is 4.56. The largest absolute Gasteiger partial charge is 0.385 e. The molecular formula is C9H17N3. The molecule has 12 heavy (non-hydrogen) atoms. The molecule has 0 saturated carbocycles. The second kappa shape index (κ2) is 4.80. The quantitative estimate of drug-likeness (QED) is 0.609. The van der Waals surface area contributed by atoms with Crippen molar-refractivity contribution in [3.05, 3.63) is 11.9 Å². The summed E-state index contributed by atoms with van der Waals surface area (Å²) >= 11 is 0. The average Bonchev–Trinajstić information content (AvgIpc) is 2.32. The van der Waals surface area contributed by atoms with Crippen LogP contribution in [0.3, 0.4) is 0 Å². The van der Waals surface area contributed by atoms with Crippen molar-refractivity contribution in [1.29, 1.82) is 5.41 Å². The Labute approximate surface area is 73.7 Å². The molecule has 0 spiro atoms. The molecule has 1 heterocycles. The SMILES string of the molecule is N=C/C=C(\N)N1CCCCCC1. The fraction of sp³-hybridized carbons (Fsp3) is 0.667. The van der Waals surface area contributed by atoms with Crippen molar-refractivity contribution in [2.75, 3.05) is 13.1 Å². The van der Waals surface area contributed by atoms with E-state index in [4.69, 9.17) is 11.1 Å². The Morgan fingerprint density at radius 1 is 1.17 bits per heavy atom. The second-order valence-corrected chi connectivity index (χ2v) is 3.16. The van der Waals surface area contributed by atoms with Crippen molar-refractivity contribution < 1.29 is 0 Å². The molecule has 1 fully saturated rings. The number of hydrogen-bond donors (Lipinski definition) is 2. The molecule has 1 aliphatic heterocycles. The number of allylic oxidation sites excluding steroid dienone is 1. The Hall–Kier alpha value is -0.990. The van der Waals surface area contributed by atoms with E-state index >= 15 is 0 Å². The van der Waals surface area contributed by atoms with Crippen LogP contribution in [-0.4, -0.2) is 24.2 Å². The standard InChI is InChI=1S/C9H17N3/c10-6-5-9(11)12-7-3-1-2-4-8-12/h5-6,10H,1-4,7-8,11H2/b9-5+,10-6?. The molecule has 1 aliphatic rings. The first kappa shape index (κ1) is 9.10. The molecule has 1 saturated heterocycles. The summed E-state index contributed by atoms with van der Waals surface area (Å²) in [5.41, 5.74) is 5.76. The van der Waals surface area contributed by atoms with Crippen LogP contribution in [0.15, 0.2) is 11.9 Å². The van der Waals surface area contributed by atoms with Gasteiger partial charge in [0.15, 0.2) is 0 Å². The van der Waals surface area contributed by atoms with Gasteiger partial charge in [0.25, 0.3) is 0 Å². The highest BCUT2D eigenvalue weighted by molar-refractivity contribution is 5.68. The molecule has 0 aromatic carbocycles. The predicted octanol–water partition coefficient (Wildman–Crippen LogP) is 1.31. The Balaban J connectivity index is 2.47. The molecule has 0 amide bonds. The molecular weight excluding hydrogens is 150 g/mol. The van der Waals surface area contributed by atoms with Crippen LogP contribution < -0.4 is 5.73 Å². The minimum Gasteiger partial charge on any atom is -0.385 e. The van der Waals surface area contributed by atoms with Crippen LogP contribution in [0.25, 0.3) is 0 Å². The lowest BCUT2D eigenvalue weighted by molar-refractivity contribution is 0.355. The van der Waals surface area contributed by atoms with E-state index in [2.05, 4.69) is 4.90 Å². The molecule has 68 valence electrons. The number of rotatable bonds is 2. The van der Waals surface area contributed by atoms with Gasteiger partial charge in [-0.05, 0) is 18.9 Å². The van der Waals surface area contributed by atoms with E-state index in [0.29, 0.717) is 0 Å². The summed E-state index contributed by atoms with van der Waals surface area (Å²) in [6.07, 6.45) is 7.99. The minimum atomic E-state index is 0.743. The zero-order valence-corrected chi connectivity index (χ0v) is 7.42. The van der Waals surface area contributed by atoms with Gasteiger partial charge in [-0.3, -0.25) is 0 Å². The van der Waals surface area contributed by atoms with Crippen LogP contribution in [-0.2, 0) is 0 Å². The maximum absolute atomic E-state index is 6.90. The van der Waals surface area contributed by atoms with Crippen molar-refractivity contribution in [1.82, 2.24) is 4.90 Å². The van der Waals surface area contributed by atoms with Crippen LogP contribution >= 0.6 is 0 Å². The van der Waals surface area contributed by atoms with E-state index in [1.54, 1.807) is 6.08 Å². The molecule has 1 rings (SSSR count). The van der Waals surface area contributed by atoms with Gasteiger partial charge in [-0.1, -0.05) is 12.8 Å². The Kier molecular flexibility index (Phi) is 3.64. The van der Waals surface area contributed by atoms with Gasteiger partial charge >= 0.3 is 0 Å². The fourth-order valence-electron chi connectivity index (χ4n) is 1.52. The van der Waals surface area contributed by atoms with Gasteiger partial charge in [0.1, 0.15) is 5.82 Å². The number of nitrogens with zero attached hydrogens (tertiary/aromatic N) is 1. The molecule has 0 unspecified atom stereocenters. The molecule has 0 aromatic rings. The van der Waals surface area contributed by atoms with E-state index in [0.717, 1.165) is 18.9 Å². The third-order valence-corrected chi connectivity index (χ3v) is 2.23. The van der Waals surface area contributed by atoms with Crippen molar-refractivity contribution in [2.24, 2.45) is 5.73 Å². The predicted molar refractivity (Wildman–Crippen MR) is 51.1 cm³/mol. The van der Waals surface area contributed by atoms with Gasteiger partial charge in [0.05, 0.1) is 0 Å². The van der Waals surface area contributed by atoms with Crippen molar-refractivity contribution >= 4 is 6.21 Å². The van der Waals surface area contributed by atoms with Crippen molar-refractivity contribution in [3.63, 3.8) is 0 Å². The van der Waals surface area contributed by atoms with E-state index in [9.17, 15) is 0 Å². The smallest absolute Gasteiger partial charge is 0.100 e. The summed E-state index contributed by atoms with van der Waals surface area (Å²) in [5, 5.41) is 6.90. The van der Waals surface area contributed by atoms with Gasteiger partial charge in [-0.15, -0.1) is 0 Å². The lowest BCUT2D eigenvalue weighted by Crippen LogP contribution is -2.28. The number of nitrogens with two attached hydrogens (primary N) is 1. The maximum atomic E-state index is 6.90. The van der Waals surface area contributed by atoms with Crippen LogP contribution in [0.2, 0.25) is 0 Å². The van der Waals surface area contributed by atoms with Crippen LogP contribution in [0.5, 0.6) is 0 Å². The second-order valence-electron chi connectivity index (χ2n) is 3.16. The van der Waals surface area contributed by atoms with E-state index in [1.165, 1.54) is 31.9 Å². The highest BCUT2D eigenvalue weighted by Crippen LogP contribution is 2.11. The van der Waals surface area contributed by atoms with Gasteiger partial charge in [-0.2, -0.15) is 0 Å². The molecule has 0 aromatic heterocycles. The van der Waals surface area contributed by atoms with E-state index in [-0.39, 0.29) is 0 Å². The van der Waals surface area contributed by atoms with Crippen molar-refractivity contribution in [2.45, 2.75) is 25.7 Å². The highest BCUT2D eigenvalue weighted by atomic mass is 15.2. The Morgan fingerprint density at radius 2 is 1.75 bits per heavy atom. The highest BCUT2D eigenvalue weighted by Gasteiger charge is 2.08. The zero-order valence-electron chi connectivity index (χ0n) is 7.42. The normalized spacial score (nSPS) is 20.3. The average molecular weight is 167 g/mol. The van der Waals surface area contributed by atoms with Crippen LogP contribution in [0.1, 0.15) is 25.7 Å². The molecule has 0 aliphatic carbocycles. The van der Waals surface area contributed by atoms with Gasteiger partial charge < -0.3 is 16.0 Å². The molecule has 3 nitrogen and oxygen atoms in total. The topological polar surface area (TPSA) is 53.1 Å². The molecule has 0 atom stereocenters. The molecule has 0 radical (unpaired) electrons. The maximum Gasteiger partial charge on any atom is 0.100 e. The first-order chi connectivity index (χ1) is 5.84. The lowest BCUT2D eigenvalue weighted by Gasteiger charge is -2.21. The third-order valence-electron chi connectivity index (χ3n) is 2.23. The van der Waals surface area contributed by atoms with Gasteiger partial charge in [-0.25, -0.2) is 0 Å². The van der Waals surface area contributed by atoms with E-state index in [1.807, 2.05) is 0 Å². The summed E-state index contributed by atoms with van der Waals surface area (Å²) in [4.78, 5) is 2.16. The summed E-state index contributed by atoms with van der Waals surface area (Å²) < 4.78 is 0. The summed E-state index contributed by atoms with van der Waals surface area (Å²) in [5.74, 6) is 0.743. The number of hydrogen-bond acceptors (Lipinski definition) is 3. The summed E-state index contributed by atoms with van der Waals surface area (Å²) in [6.45, 7) is 2.10. The van der Waals surface area contributed by atoms with Gasteiger partial charge in [0.2, 0.25) is 0 Å². The Bertz CT molecular complexity index is 167. The van der Waals surface area contributed by atoms with Gasteiger partial charge in [0, 0.05) is 19.3 Å². The molecule has 0 bridgehead atoms.